The minimum absolute atomic E-state index is 0.0577. The molecular formula is C14H15F3N4. The third-order valence-electron chi connectivity index (χ3n) is 3.17. The average Bonchev–Trinajstić information content (AvgIpc) is 2.42. The fraction of sp³-hybridized carbons (Fsp3) is 0.214. The smallest absolute Gasteiger partial charge is 0.340 e. The first kappa shape index (κ1) is 15.1. The van der Waals surface area contributed by atoms with E-state index < -0.39 is 11.7 Å². The van der Waals surface area contributed by atoms with Crippen LogP contribution in [0.25, 0.3) is 0 Å². The van der Waals surface area contributed by atoms with E-state index in [2.05, 4.69) is 15.7 Å². The van der Waals surface area contributed by atoms with Gasteiger partial charge in [-0.3, -0.25) is 0 Å². The van der Waals surface area contributed by atoms with Crippen LogP contribution in [-0.2, 0) is 6.18 Å². The van der Waals surface area contributed by atoms with Crippen molar-refractivity contribution in [2.24, 2.45) is 5.84 Å². The topological polar surface area (TPSA) is 63.0 Å². The van der Waals surface area contributed by atoms with Gasteiger partial charge in [-0.2, -0.15) is 13.2 Å². The first-order chi connectivity index (χ1) is 9.81. The summed E-state index contributed by atoms with van der Waals surface area (Å²) < 4.78 is 38.5. The molecule has 0 unspecified atom stereocenters. The van der Waals surface area contributed by atoms with E-state index in [1.54, 1.807) is 6.07 Å². The number of nitrogen functional groups attached to an aromatic ring is 1. The first-order valence-corrected chi connectivity index (χ1v) is 6.20. The van der Waals surface area contributed by atoms with E-state index in [9.17, 15) is 13.2 Å². The van der Waals surface area contributed by atoms with Crippen molar-refractivity contribution in [2.75, 3.05) is 10.7 Å². The molecule has 0 fully saturated rings. The van der Waals surface area contributed by atoms with Gasteiger partial charge in [-0.05, 0) is 43.2 Å². The Labute approximate surface area is 120 Å². The lowest BCUT2D eigenvalue weighted by Crippen LogP contribution is -2.13. The lowest BCUT2D eigenvalue weighted by Gasteiger charge is -2.14. The molecule has 1 aromatic heterocycles. The van der Waals surface area contributed by atoms with Crippen molar-refractivity contribution in [1.82, 2.24) is 4.98 Å². The zero-order valence-electron chi connectivity index (χ0n) is 11.5. The molecule has 1 aromatic carbocycles. The Morgan fingerprint density at radius 1 is 1.10 bits per heavy atom. The Balaban J connectivity index is 2.42. The normalized spacial score (nSPS) is 11.3. The highest BCUT2D eigenvalue weighted by Gasteiger charge is 2.31. The molecule has 4 nitrogen and oxygen atoms in total. The van der Waals surface area contributed by atoms with Gasteiger partial charge in [-0.25, -0.2) is 10.8 Å². The highest BCUT2D eigenvalue weighted by Crippen LogP contribution is 2.33. The van der Waals surface area contributed by atoms with Gasteiger partial charge in [0.2, 0.25) is 0 Å². The Morgan fingerprint density at radius 2 is 1.76 bits per heavy atom. The van der Waals surface area contributed by atoms with E-state index in [4.69, 9.17) is 5.84 Å². The van der Waals surface area contributed by atoms with E-state index in [1.165, 1.54) is 0 Å². The van der Waals surface area contributed by atoms with Crippen LogP contribution in [0.1, 0.15) is 16.7 Å². The van der Waals surface area contributed by atoms with Crippen LogP contribution in [0.2, 0.25) is 0 Å². The second-order valence-corrected chi connectivity index (χ2v) is 4.64. The van der Waals surface area contributed by atoms with Crippen LogP contribution in [0.5, 0.6) is 0 Å². The van der Waals surface area contributed by atoms with Gasteiger partial charge in [0.15, 0.2) is 0 Å². The lowest BCUT2D eigenvalue weighted by atomic mass is 10.1. The van der Waals surface area contributed by atoms with E-state index in [-0.39, 0.29) is 11.6 Å². The van der Waals surface area contributed by atoms with Gasteiger partial charge in [0.25, 0.3) is 0 Å². The maximum atomic E-state index is 12.8. The summed E-state index contributed by atoms with van der Waals surface area (Å²) in [6, 6.07) is 7.32. The number of nitrogens with two attached hydrogens (primary N) is 1. The van der Waals surface area contributed by atoms with Crippen molar-refractivity contribution in [1.29, 1.82) is 0 Å². The van der Waals surface area contributed by atoms with Crippen molar-refractivity contribution in [3.63, 3.8) is 0 Å². The molecule has 0 radical (unpaired) electrons. The number of halogens is 3. The molecule has 2 aromatic rings. The predicted molar refractivity (Wildman–Crippen MR) is 76.2 cm³/mol. The van der Waals surface area contributed by atoms with Crippen LogP contribution in [0.4, 0.5) is 30.5 Å². The number of pyridine rings is 1. The summed E-state index contributed by atoms with van der Waals surface area (Å²) in [5.74, 6) is 5.19. The summed E-state index contributed by atoms with van der Waals surface area (Å²) in [5.41, 5.74) is 3.99. The number of aryl methyl sites for hydroxylation is 1. The zero-order chi connectivity index (χ0) is 15.6. The Kier molecular flexibility index (Phi) is 4.04. The molecule has 0 amide bonds. The average molecular weight is 296 g/mol. The predicted octanol–water partition coefficient (Wildman–Crippen LogP) is 3.75. The number of hydrogen-bond donors (Lipinski definition) is 3. The molecule has 112 valence electrons. The molecule has 0 aliphatic rings. The van der Waals surface area contributed by atoms with Crippen LogP contribution < -0.4 is 16.6 Å². The minimum Gasteiger partial charge on any atom is -0.340 e. The molecule has 0 bridgehead atoms. The molecule has 1 heterocycles. The molecule has 7 heteroatoms. The number of benzene rings is 1. The number of rotatable bonds is 3. The molecule has 0 spiro atoms. The number of hydrogen-bond acceptors (Lipinski definition) is 4. The second kappa shape index (κ2) is 5.61. The number of aromatic nitrogens is 1. The van der Waals surface area contributed by atoms with Crippen LogP contribution in [0, 0.1) is 13.8 Å². The van der Waals surface area contributed by atoms with Gasteiger partial charge >= 0.3 is 6.18 Å². The molecule has 21 heavy (non-hydrogen) atoms. The maximum absolute atomic E-state index is 12.8. The SMILES string of the molecule is Cc1cccc(Nc2cc(C(F)(F)F)cc(NN)n2)c1C. The highest BCUT2D eigenvalue weighted by atomic mass is 19.4. The summed E-state index contributed by atoms with van der Waals surface area (Å²) >= 11 is 0. The summed E-state index contributed by atoms with van der Waals surface area (Å²) in [5, 5.41) is 2.89. The molecule has 0 aliphatic carbocycles. The fourth-order valence-corrected chi connectivity index (χ4v) is 1.86. The van der Waals surface area contributed by atoms with Gasteiger partial charge in [-0.1, -0.05) is 12.1 Å². The van der Waals surface area contributed by atoms with Crippen LogP contribution >= 0.6 is 0 Å². The van der Waals surface area contributed by atoms with Gasteiger partial charge in [0.05, 0.1) is 5.56 Å². The van der Waals surface area contributed by atoms with Crippen LogP contribution in [0.3, 0.4) is 0 Å². The number of nitrogens with zero attached hydrogens (tertiary/aromatic N) is 1. The summed E-state index contributed by atoms with van der Waals surface area (Å²) in [6.45, 7) is 3.81. The van der Waals surface area contributed by atoms with E-state index >= 15 is 0 Å². The quantitative estimate of drug-likeness (QED) is 0.596. The molecule has 2 rings (SSSR count). The van der Waals surface area contributed by atoms with Crippen molar-refractivity contribution in [2.45, 2.75) is 20.0 Å². The van der Waals surface area contributed by atoms with Gasteiger partial charge in [0, 0.05) is 5.69 Å². The Bertz CT molecular complexity index is 653. The lowest BCUT2D eigenvalue weighted by molar-refractivity contribution is -0.137. The highest BCUT2D eigenvalue weighted by molar-refractivity contribution is 5.64. The van der Waals surface area contributed by atoms with Gasteiger partial charge in [0.1, 0.15) is 11.6 Å². The van der Waals surface area contributed by atoms with Crippen molar-refractivity contribution in [3.8, 4) is 0 Å². The molecule has 0 saturated carbocycles. The van der Waals surface area contributed by atoms with Gasteiger partial charge in [-0.15, -0.1) is 0 Å². The van der Waals surface area contributed by atoms with Crippen LogP contribution in [-0.4, -0.2) is 4.98 Å². The Hall–Kier alpha value is -2.28. The first-order valence-electron chi connectivity index (χ1n) is 6.20. The van der Waals surface area contributed by atoms with Crippen molar-refractivity contribution < 1.29 is 13.2 Å². The second-order valence-electron chi connectivity index (χ2n) is 4.64. The fourth-order valence-electron chi connectivity index (χ4n) is 1.86. The van der Waals surface area contributed by atoms with E-state index in [1.807, 2.05) is 26.0 Å². The number of alkyl halides is 3. The minimum atomic E-state index is -4.47. The third kappa shape index (κ3) is 3.43. The largest absolute Gasteiger partial charge is 0.416 e. The standard InChI is InChI=1S/C14H15F3N4/c1-8-4-3-5-11(9(8)2)19-12-6-10(14(15,16)17)7-13(20-12)21-18/h3-7H,18H2,1-2H3,(H2,19,20,21). The van der Waals surface area contributed by atoms with E-state index in [0.29, 0.717) is 5.69 Å². The van der Waals surface area contributed by atoms with E-state index in [0.717, 1.165) is 23.3 Å². The monoisotopic (exact) mass is 296 g/mol. The van der Waals surface area contributed by atoms with Crippen molar-refractivity contribution in [3.05, 3.63) is 47.0 Å². The molecule has 0 atom stereocenters. The summed E-state index contributed by atoms with van der Waals surface area (Å²) in [7, 11) is 0. The molecule has 0 aliphatic heterocycles. The third-order valence-corrected chi connectivity index (χ3v) is 3.17. The van der Waals surface area contributed by atoms with Gasteiger partial charge < -0.3 is 10.7 Å². The van der Waals surface area contributed by atoms with Crippen molar-refractivity contribution >= 4 is 17.3 Å². The molecule has 4 N–H and O–H groups in total. The molecular weight excluding hydrogens is 281 g/mol. The summed E-state index contributed by atoms with van der Waals surface area (Å²) in [6.07, 6.45) is -4.47. The maximum Gasteiger partial charge on any atom is 0.416 e. The number of anilines is 3. The van der Waals surface area contributed by atoms with Crippen LogP contribution in [0.15, 0.2) is 30.3 Å². The summed E-state index contributed by atoms with van der Waals surface area (Å²) in [4.78, 5) is 3.98. The molecule has 0 saturated heterocycles. The Morgan fingerprint density at radius 3 is 2.38 bits per heavy atom. The number of nitrogens with one attached hydrogen (secondary N) is 2. The zero-order valence-corrected chi connectivity index (χ0v) is 11.5. The number of hydrazine groups is 1.